The van der Waals surface area contributed by atoms with Gasteiger partial charge in [0.05, 0.1) is 6.61 Å². The Morgan fingerprint density at radius 1 is 0.970 bits per heavy atom. The molecule has 0 saturated carbocycles. The number of carbonyl (C=O) groups is 2. The Hall–Kier alpha value is -2.19. The van der Waals surface area contributed by atoms with Gasteiger partial charge in [0.1, 0.15) is 17.5 Å². The molecular weight excluding hydrogens is 491 g/mol. The van der Waals surface area contributed by atoms with Crippen molar-refractivity contribution >= 4 is 47.5 Å². The van der Waals surface area contributed by atoms with Crippen LogP contribution in [-0.4, -0.2) is 60.3 Å². The van der Waals surface area contributed by atoms with E-state index in [1.807, 2.05) is 4.90 Å². The highest BCUT2D eigenvalue weighted by atomic mass is 35.5. The molecule has 180 valence electrons. The first-order chi connectivity index (χ1) is 15.4. The standard InChI is InChI=1S/C23H26Cl2N2O5.ClH/c24-16-1-5-19(6-2-16)31-14-11-21(23(29)30)27-12-9-18(10-13-27)26-22(28)15-32-20-7-3-17(25)4-8-20;/h1-8,18,21H,9-15H2,(H,26,28)(H,29,30);1H. The second kappa shape index (κ2) is 13.5. The molecule has 1 aliphatic rings. The second-order valence-electron chi connectivity index (χ2n) is 7.57. The summed E-state index contributed by atoms with van der Waals surface area (Å²) in [5.74, 6) is 0.151. The Balaban J connectivity index is 0.00000385. The van der Waals surface area contributed by atoms with Crippen molar-refractivity contribution in [2.24, 2.45) is 0 Å². The number of nitrogens with zero attached hydrogens (tertiary/aromatic N) is 1. The Morgan fingerprint density at radius 3 is 2.00 bits per heavy atom. The minimum Gasteiger partial charge on any atom is -0.494 e. The largest absolute Gasteiger partial charge is 0.494 e. The van der Waals surface area contributed by atoms with E-state index in [1.165, 1.54) is 0 Å². The fourth-order valence-corrected chi connectivity index (χ4v) is 3.84. The normalized spacial score (nSPS) is 15.2. The number of nitrogens with one attached hydrogen (secondary N) is 1. The Kier molecular flexibility index (Phi) is 11.1. The number of aliphatic carboxylic acids is 1. The second-order valence-corrected chi connectivity index (χ2v) is 8.44. The van der Waals surface area contributed by atoms with Gasteiger partial charge in [0.25, 0.3) is 5.91 Å². The maximum atomic E-state index is 12.2. The van der Waals surface area contributed by atoms with Gasteiger partial charge in [-0.25, -0.2) is 0 Å². The number of amides is 1. The van der Waals surface area contributed by atoms with Crippen molar-refractivity contribution in [1.29, 1.82) is 0 Å². The first-order valence-corrected chi connectivity index (χ1v) is 11.2. The summed E-state index contributed by atoms with van der Waals surface area (Å²) in [5, 5.41) is 13.8. The van der Waals surface area contributed by atoms with Gasteiger partial charge < -0.3 is 19.9 Å². The molecule has 1 heterocycles. The summed E-state index contributed by atoms with van der Waals surface area (Å²) in [6.07, 6.45) is 1.72. The number of piperidine rings is 1. The van der Waals surface area contributed by atoms with Crippen LogP contribution in [0.5, 0.6) is 11.5 Å². The zero-order valence-electron chi connectivity index (χ0n) is 17.9. The van der Waals surface area contributed by atoms with Crippen LogP contribution in [0, 0.1) is 0 Å². The molecule has 1 unspecified atom stereocenters. The summed E-state index contributed by atoms with van der Waals surface area (Å²) in [6.45, 7) is 1.38. The minimum absolute atomic E-state index is 0. The number of halogens is 3. The zero-order chi connectivity index (χ0) is 22.9. The van der Waals surface area contributed by atoms with Crippen LogP contribution in [-0.2, 0) is 9.59 Å². The van der Waals surface area contributed by atoms with Crippen LogP contribution in [0.2, 0.25) is 10.0 Å². The first kappa shape index (κ1) is 27.1. The number of carbonyl (C=O) groups excluding carboxylic acids is 1. The van der Waals surface area contributed by atoms with Crippen molar-refractivity contribution in [3.63, 3.8) is 0 Å². The summed E-state index contributed by atoms with van der Waals surface area (Å²) < 4.78 is 11.1. The van der Waals surface area contributed by atoms with E-state index in [0.717, 1.165) is 0 Å². The number of carboxylic acid groups (broad SMARTS) is 1. The molecule has 0 aliphatic carbocycles. The van der Waals surface area contributed by atoms with Crippen molar-refractivity contribution in [3.05, 3.63) is 58.6 Å². The lowest BCUT2D eigenvalue weighted by atomic mass is 10.0. The van der Waals surface area contributed by atoms with Crippen LogP contribution < -0.4 is 14.8 Å². The van der Waals surface area contributed by atoms with Gasteiger partial charge in [-0.3, -0.25) is 14.5 Å². The van der Waals surface area contributed by atoms with Crippen LogP contribution in [0.4, 0.5) is 0 Å². The summed E-state index contributed by atoms with van der Waals surface area (Å²) in [4.78, 5) is 25.9. The van der Waals surface area contributed by atoms with Crippen molar-refractivity contribution in [2.45, 2.75) is 31.3 Å². The maximum Gasteiger partial charge on any atom is 0.321 e. The molecule has 0 radical (unpaired) electrons. The summed E-state index contributed by atoms with van der Waals surface area (Å²) in [6, 6.07) is 13.1. The van der Waals surface area contributed by atoms with Crippen molar-refractivity contribution in [1.82, 2.24) is 10.2 Å². The summed E-state index contributed by atoms with van der Waals surface area (Å²) in [5.41, 5.74) is 0. The molecule has 1 aliphatic heterocycles. The van der Waals surface area contributed by atoms with Crippen molar-refractivity contribution in [2.75, 3.05) is 26.3 Å². The molecule has 3 rings (SSSR count). The lowest BCUT2D eigenvalue weighted by Crippen LogP contribution is -2.51. The molecular formula is C23H27Cl3N2O5. The van der Waals surface area contributed by atoms with Crippen LogP contribution in [0.3, 0.4) is 0 Å². The van der Waals surface area contributed by atoms with Gasteiger partial charge in [-0.05, 0) is 61.4 Å². The van der Waals surface area contributed by atoms with E-state index >= 15 is 0 Å². The Labute approximate surface area is 209 Å². The first-order valence-electron chi connectivity index (χ1n) is 10.4. The van der Waals surface area contributed by atoms with E-state index in [0.29, 0.717) is 53.9 Å². The number of hydrogen-bond donors (Lipinski definition) is 2. The van der Waals surface area contributed by atoms with Gasteiger partial charge in [0.15, 0.2) is 6.61 Å². The highest BCUT2D eigenvalue weighted by Gasteiger charge is 2.30. The van der Waals surface area contributed by atoms with Crippen LogP contribution >= 0.6 is 35.6 Å². The van der Waals surface area contributed by atoms with Gasteiger partial charge in [-0.15, -0.1) is 12.4 Å². The van der Waals surface area contributed by atoms with E-state index in [1.54, 1.807) is 48.5 Å². The van der Waals surface area contributed by atoms with Gasteiger partial charge in [-0.2, -0.15) is 0 Å². The monoisotopic (exact) mass is 516 g/mol. The molecule has 2 aromatic rings. The lowest BCUT2D eigenvalue weighted by Gasteiger charge is -2.35. The van der Waals surface area contributed by atoms with Gasteiger partial charge in [0, 0.05) is 35.6 Å². The number of rotatable bonds is 10. The highest BCUT2D eigenvalue weighted by molar-refractivity contribution is 6.30. The molecule has 0 bridgehead atoms. The Morgan fingerprint density at radius 2 is 1.48 bits per heavy atom. The summed E-state index contributed by atoms with van der Waals surface area (Å²) >= 11 is 11.7. The molecule has 1 saturated heterocycles. The molecule has 0 aromatic heterocycles. The number of likely N-dealkylation sites (tertiary alicyclic amines) is 1. The number of hydrogen-bond acceptors (Lipinski definition) is 5. The highest BCUT2D eigenvalue weighted by Crippen LogP contribution is 2.19. The van der Waals surface area contributed by atoms with Crippen LogP contribution in [0.15, 0.2) is 48.5 Å². The third kappa shape index (κ3) is 8.93. The molecule has 33 heavy (non-hydrogen) atoms. The number of carboxylic acids is 1. The number of ether oxygens (including phenoxy) is 2. The predicted molar refractivity (Wildman–Crippen MR) is 130 cm³/mol. The molecule has 2 aromatic carbocycles. The van der Waals surface area contributed by atoms with E-state index in [9.17, 15) is 14.7 Å². The van der Waals surface area contributed by atoms with E-state index in [4.69, 9.17) is 32.7 Å². The molecule has 2 N–H and O–H groups in total. The smallest absolute Gasteiger partial charge is 0.321 e. The minimum atomic E-state index is -0.872. The van der Waals surface area contributed by atoms with E-state index in [2.05, 4.69) is 5.32 Å². The van der Waals surface area contributed by atoms with E-state index < -0.39 is 12.0 Å². The maximum absolute atomic E-state index is 12.2. The molecule has 7 nitrogen and oxygen atoms in total. The molecule has 1 amide bonds. The van der Waals surface area contributed by atoms with Crippen LogP contribution in [0.25, 0.3) is 0 Å². The molecule has 1 atom stereocenters. The zero-order valence-corrected chi connectivity index (χ0v) is 20.2. The number of benzene rings is 2. The quantitative estimate of drug-likeness (QED) is 0.489. The molecule has 0 spiro atoms. The average Bonchev–Trinajstić information content (AvgIpc) is 2.78. The average molecular weight is 518 g/mol. The van der Waals surface area contributed by atoms with Gasteiger partial charge in [0.2, 0.25) is 0 Å². The van der Waals surface area contributed by atoms with Crippen LogP contribution in [0.1, 0.15) is 19.3 Å². The van der Waals surface area contributed by atoms with Gasteiger partial charge >= 0.3 is 5.97 Å². The topological polar surface area (TPSA) is 88.1 Å². The van der Waals surface area contributed by atoms with Gasteiger partial charge in [-0.1, -0.05) is 23.2 Å². The summed E-state index contributed by atoms with van der Waals surface area (Å²) in [7, 11) is 0. The third-order valence-corrected chi connectivity index (χ3v) is 5.78. The fraction of sp³-hybridized carbons (Fsp3) is 0.391. The lowest BCUT2D eigenvalue weighted by molar-refractivity contribution is -0.144. The van der Waals surface area contributed by atoms with E-state index in [-0.39, 0.29) is 37.6 Å². The third-order valence-electron chi connectivity index (χ3n) is 5.28. The molecule has 10 heteroatoms. The SMILES string of the molecule is Cl.O=C(COc1ccc(Cl)cc1)NC1CCN(C(CCOc2ccc(Cl)cc2)C(=O)O)CC1. The fourth-order valence-electron chi connectivity index (χ4n) is 3.59. The predicted octanol–water partition coefficient (Wildman–Crippen LogP) is 4.30. The Bertz CT molecular complexity index is 888. The molecule has 1 fully saturated rings. The van der Waals surface area contributed by atoms with Crippen molar-refractivity contribution in [3.8, 4) is 11.5 Å². The van der Waals surface area contributed by atoms with Crippen molar-refractivity contribution < 1.29 is 24.2 Å².